The lowest BCUT2D eigenvalue weighted by Gasteiger charge is -2.05. The molecule has 0 aliphatic rings. The van der Waals surface area contributed by atoms with Crippen molar-refractivity contribution >= 4 is 39.0 Å². The number of carbonyl (C=O) groups is 1. The number of halogens is 1. The van der Waals surface area contributed by atoms with Crippen LogP contribution in [0.4, 0.5) is 10.1 Å². The third-order valence-electron chi connectivity index (χ3n) is 3.85. The molecular weight excluding hydrogens is 413 g/mol. The molecule has 3 aromatic rings. The molecule has 1 aromatic heterocycles. The highest BCUT2D eigenvalue weighted by Crippen LogP contribution is 2.29. The van der Waals surface area contributed by atoms with Crippen molar-refractivity contribution < 1.29 is 17.6 Å². The van der Waals surface area contributed by atoms with E-state index in [4.69, 9.17) is 5.14 Å². The van der Waals surface area contributed by atoms with Crippen molar-refractivity contribution in [1.82, 2.24) is 0 Å². The largest absolute Gasteiger partial charge is 0.321 e. The Bertz CT molecular complexity index is 1220. The van der Waals surface area contributed by atoms with E-state index < -0.39 is 15.9 Å². The number of nitrogens with two attached hydrogens (primary N) is 1. The van der Waals surface area contributed by atoms with E-state index in [1.807, 2.05) is 12.1 Å². The van der Waals surface area contributed by atoms with Crippen molar-refractivity contribution in [2.24, 2.45) is 5.14 Å². The number of benzene rings is 2. The summed E-state index contributed by atoms with van der Waals surface area (Å²) in [6.45, 7) is 0. The number of thiophene rings is 1. The van der Waals surface area contributed by atoms with Gasteiger partial charge in [0.1, 0.15) is 17.5 Å². The summed E-state index contributed by atoms with van der Waals surface area (Å²) < 4.78 is 35.6. The number of nitrogens with one attached hydrogen (secondary N) is 1. The van der Waals surface area contributed by atoms with Crippen LogP contribution in [-0.2, 0) is 14.8 Å². The van der Waals surface area contributed by atoms with Crippen molar-refractivity contribution in [2.45, 2.75) is 4.90 Å². The van der Waals surface area contributed by atoms with E-state index in [2.05, 4.69) is 5.32 Å². The summed E-state index contributed by atoms with van der Waals surface area (Å²) >= 11 is 1.35. The fraction of sp³-hybridized carbons (Fsp3) is 0. The Balaban J connectivity index is 1.77. The number of anilines is 1. The maximum Gasteiger partial charge on any atom is 0.266 e. The van der Waals surface area contributed by atoms with Gasteiger partial charge in [0.2, 0.25) is 10.0 Å². The lowest BCUT2D eigenvalue weighted by atomic mass is 10.2. The molecule has 0 aliphatic heterocycles. The molecule has 0 atom stereocenters. The molecule has 2 aromatic carbocycles. The summed E-state index contributed by atoms with van der Waals surface area (Å²) in [5.41, 5.74) is 1.03. The summed E-state index contributed by atoms with van der Waals surface area (Å²) in [6, 6.07) is 16.7. The van der Waals surface area contributed by atoms with Crippen LogP contribution in [0.5, 0.6) is 0 Å². The molecule has 0 saturated carbocycles. The minimum atomic E-state index is -3.83. The normalized spacial score (nSPS) is 11.7. The molecule has 0 spiro atoms. The third-order valence-corrected chi connectivity index (χ3v) is 5.86. The smallest absolute Gasteiger partial charge is 0.266 e. The fourth-order valence-corrected chi connectivity index (χ4v) is 3.89. The monoisotopic (exact) mass is 427 g/mol. The quantitative estimate of drug-likeness (QED) is 0.477. The molecule has 0 saturated heterocycles. The van der Waals surface area contributed by atoms with Crippen molar-refractivity contribution in [1.29, 1.82) is 5.26 Å². The molecule has 6 nitrogen and oxygen atoms in total. The molecule has 0 aliphatic carbocycles. The van der Waals surface area contributed by atoms with Gasteiger partial charge >= 0.3 is 0 Å². The lowest BCUT2D eigenvalue weighted by Crippen LogP contribution is -2.14. The Morgan fingerprint density at radius 1 is 1.07 bits per heavy atom. The van der Waals surface area contributed by atoms with Gasteiger partial charge in [-0.05, 0) is 60.2 Å². The van der Waals surface area contributed by atoms with E-state index in [1.54, 1.807) is 18.2 Å². The van der Waals surface area contributed by atoms with Gasteiger partial charge in [0.15, 0.2) is 0 Å². The zero-order valence-corrected chi connectivity index (χ0v) is 16.4. The number of rotatable bonds is 5. The Kier molecular flexibility index (Phi) is 5.89. The summed E-state index contributed by atoms with van der Waals surface area (Å²) in [6.07, 6.45) is 1.45. The summed E-state index contributed by atoms with van der Waals surface area (Å²) in [4.78, 5) is 13.8. The van der Waals surface area contributed by atoms with Crippen LogP contribution in [0.1, 0.15) is 4.88 Å². The van der Waals surface area contributed by atoms with Gasteiger partial charge in [-0.1, -0.05) is 12.1 Å². The van der Waals surface area contributed by atoms with Gasteiger partial charge in [-0.15, -0.1) is 11.3 Å². The highest BCUT2D eigenvalue weighted by Gasteiger charge is 2.12. The molecule has 1 heterocycles. The zero-order valence-electron chi connectivity index (χ0n) is 14.8. The molecule has 0 unspecified atom stereocenters. The van der Waals surface area contributed by atoms with E-state index in [0.29, 0.717) is 10.6 Å². The van der Waals surface area contributed by atoms with E-state index in [1.165, 1.54) is 53.8 Å². The average Bonchev–Trinajstić information content (AvgIpc) is 3.15. The highest BCUT2D eigenvalue weighted by molar-refractivity contribution is 7.89. The second kappa shape index (κ2) is 8.36. The summed E-state index contributed by atoms with van der Waals surface area (Å²) in [7, 11) is -3.83. The molecular formula is C20H14FN3O3S2. The van der Waals surface area contributed by atoms with Crippen LogP contribution >= 0.6 is 11.3 Å². The van der Waals surface area contributed by atoms with E-state index >= 15 is 0 Å². The Morgan fingerprint density at radius 2 is 1.72 bits per heavy atom. The molecule has 146 valence electrons. The number of hydrogen-bond acceptors (Lipinski definition) is 5. The van der Waals surface area contributed by atoms with Crippen molar-refractivity contribution in [3.8, 4) is 16.5 Å². The minimum absolute atomic E-state index is 0.0848. The SMILES string of the molecule is N#C/C(=C\c1ccc(-c2ccc(F)cc2)s1)C(=O)Nc1ccc(S(N)(=O)=O)cc1. The molecule has 1 amide bonds. The summed E-state index contributed by atoms with van der Waals surface area (Å²) in [5.74, 6) is -0.960. The van der Waals surface area contributed by atoms with Crippen molar-refractivity contribution in [2.75, 3.05) is 5.32 Å². The van der Waals surface area contributed by atoms with Crippen LogP contribution in [0.25, 0.3) is 16.5 Å². The predicted molar refractivity (Wildman–Crippen MR) is 110 cm³/mol. The van der Waals surface area contributed by atoms with Crippen LogP contribution in [0.3, 0.4) is 0 Å². The number of nitrogens with zero attached hydrogens (tertiary/aromatic N) is 1. The number of sulfonamides is 1. The minimum Gasteiger partial charge on any atom is -0.321 e. The first-order valence-electron chi connectivity index (χ1n) is 8.18. The van der Waals surface area contributed by atoms with E-state index in [9.17, 15) is 22.9 Å². The topological polar surface area (TPSA) is 113 Å². The second-order valence-corrected chi connectivity index (χ2v) is 8.58. The van der Waals surface area contributed by atoms with Gasteiger partial charge in [0.05, 0.1) is 4.90 Å². The summed E-state index contributed by atoms with van der Waals surface area (Å²) in [5, 5.41) is 16.9. The zero-order chi connectivity index (χ0) is 21.0. The molecule has 0 radical (unpaired) electrons. The van der Waals surface area contributed by atoms with Gasteiger partial charge in [0, 0.05) is 15.4 Å². The Morgan fingerprint density at radius 3 is 2.31 bits per heavy atom. The first kappa shape index (κ1) is 20.4. The second-order valence-electron chi connectivity index (χ2n) is 5.90. The average molecular weight is 427 g/mol. The van der Waals surface area contributed by atoms with Crippen molar-refractivity contribution in [3.63, 3.8) is 0 Å². The molecule has 3 N–H and O–H groups in total. The number of primary sulfonamides is 1. The number of nitriles is 1. The molecule has 9 heteroatoms. The molecule has 0 bridgehead atoms. The van der Waals surface area contributed by atoms with Crippen molar-refractivity contribution in [3.05, 3.63) is 76.9 Å². The maximum atomic E-state index is 13.1. The fourth-order valence-electron chi connectivity index (χ4n) is 2.42. The predicted octanol–water partition coefficient (Wildman–Crippen LogP) is 3.75. The van der Waals surface area contributed by atoms with E-state index in [0.717, 1.165) is 10.4 Å². The number of hydrogen-bond donors (Lipinski definition) is 2. The standard InChI is InChI=1S/C20H14FN3O3S2/c21-15-3-1-13(2-4-15)19-10-7-17(28-19)11-14(12-22)20(25)24-16-5-8-18(9-6-16)29(23,26)27/h1-11H,(H,24,25)(H2,23,26,27)/b14-11+. The first-order valence-corrected chi connectivity index (χ1v) is 10.5. The Hall–Kier alpha value is -3.32. The Labute approximate surface area is 170 Å². The van der Waals surface area contributed by atoms with Crippen LogP contribution in [0, 0.1) is 17.1 Å². The van der Waals surface area contributed by atoms with Gasteiger partial charge in [-0.25, -0.2) is 17.9 Å². The highest BCUT2D eigenvalue weighted by atomic mass is 32.2. The van der Waals surface area contributed by atoms with Crippen LogP contribution < -0.4 is 10.5 Å². The molecule has 29 heavy (non-hydrogen) atoms. The van der Waals surface area contributed by atoms with Crippen LogP contribution in [0.15, 0.2) is 71.1 Å². The van der Waals surface area contributed by atoms with E-state index in [-0.39, 0.29) is 16.3 Å². The number of amides is 1. The number of carbonyl (C=O) groups excluding carboxylic acids is 1. The maximum absolute atomic E-state index is 13.1. The van der Waals surface area contributed by atoms with Gasteiger partial charge in [-0.3, -0.25) is 4.79 Å². The van der Waals surface area contributed by atoms with Crippen LogP contribution in [0.2, 0.25) is 0 Å². The lowest BCUT2D eigenvalue weighted by molar-refractivity contribution is -0.112. The molecule has 3 rings (SSSR count). The first-order chi connectivity index (χ1) is 13.8. The molecule has 0 fully saturated rings. The van der Waals surface area contributed by atoms with Crippen LogP contribution in [-0.4, -0.2) is 14.3 Å². The third kappa shape index (κ3) is 5.14. The van der Waals surface area contributed by atoms with Gasteiger partial charge in [0.25, 0.3) is 5.91 Å². The van der Waals surface area contributed by atoms with Gasteiger partial charge in [-0.2, -0.15) is 5.26 Å². The van der Waals surface area contributed by atoms with Gasteiger partial charge < -0.3 is 5.32 Å².